The number of hydrogen-bond acceptors (Lipinski definition) is 5. The standard InChI is InChI=1S/C29H40N2O5/c1-5-9-23(28(35)31-26(19-33)29(2,3)4)17-27(34)30-24(18-32)16-21-12-14-25(15-13-21)36-20-22-10-7-6-8-11-22/h5-8,10-15,23-24,26,32-33H,1,9,16-20H2,2-4H3,(H,30,34)(H,31,35). The maximum absolute atomic E-state index is 12.8. The van der Waals surface area contributed by atoms with Crippen LogP contribution in [0.5, 0.6) is 5.75 Å². The minimum atomic E-state index is -0.612. The lowest BCUT2D eigenvalue weighted by molar-refractivity contribution is -0.131. The summed E-state index contributed by atoms with van der Waals surface area (Å²) in [4.78, 5) is 25.5. The van der Waals surface area contributed by atoms with Gasteiger partial charge in [0.15, 0.2) is 0 Å². The summed E-state index contributed by atoms with van der Waals surface area (Å²) in [5.74, 6) is -0.498. The number of aliphatic hydroxyl groups excluding tert-OH is 2. The summed E-state index contributed by atoms with van der Waals surface area (Å²) in [6, 6.07) is 16.5. The first-order chi connectivity index (χ1) is 17.2. The van der Waals surface area contributed by atoms with Crippen LogP contribution in [0.3, 0.4) is 0 Å². The SMILES string of the molecule is C=CCC(CC(=O)NC(CO)Cc1ccc(OCc2ccccc2)cc1)C(=O)NC(CO)C(C)(C)C. The fraction of sp³-hybridized carbons (Fsp3) is 0.448. The Balaban J connectivity index is 1.90. The molecule has 0 spiro atoms. The maximum Gasteiger partial charge on any atom is 0.224 e. The Hall–Kier alpha value is -3.16. The normalized spacial score (nSPS) is 13.8. The van der Waals surface area contributed by atoms with Crippen molar-refractivity contribution in [1.29, 1.82) is 0 Å². The number of allylic oxidation sites excluding steroid dienone is 1. The summed E-state index contributed by atoms with van der Waals surface area (Å²) in [6.07, 6.45) is 2.34. The van der Waals surface area contributed by atoms with Crippen LogP contribution in [-0.4, -0.2) is 47.3 Å². The van der Waals surface area contributed by atoms with Crippen LogP contribution in [0.4, 0.5) is 0 Å². The Kier molecular flexibility index (Phi) is 11.6. The van der Waals surface area contributed by atoms with E-state index in [0.29, 0.717) is 19.4 Å². The van der Waals surface area contributed by atoms with Gasteiger partial charge >= 0.3 is 0 Å². The molecule has 7 heteroatoms. The van der Waals surface area contributed by atoms with Crippen molar-refractivity contribution in [3.63, 3.8) is 0 Å². The van der Waals surface area contributed by atoms with Crippen molar-refractivity contribution in [1.82, 2.24) is 10.6 Å². The third-order valence-electron chi connectivity index (χ3n) is 6.04. The zero-order valence-electron chi connectivity index (χ0n) is 21.6. The van der Waals surface area contributed by atoms with Crippen molar-refractivity contribution in [3.05, 3.63) is 78.4 Å². The molecule has 2 aromatic carbocycles. The number of amides is 2. The van der Waals surface area contributed by atoms with Crippen LogP contribution >= 0.6 is 0 Å². The van der Waals surface area contributed by atoms with Crippen LogP contribution < -0.4 is 15.4 Å². The molecule has 0 bridgehead atoms. The van der Waals surface area contributed by atoms with Crippen molar-refractivity contribution in [2.24, 2.45) is 11.3 Å². The summed E-state index contributed by atoms with van der Waals surface area (Å²) in [5, 5.41) is 25.2. The number of hydrogen-bond donors (Lipinski definition) is 4. The predicted molar refractivity (Wildman–Crippen MR) is 141 cm³/mol. The molecular weight excluding hydrogens is 456 g/mol. The van der Waals surface area contributed by atoms with E-state index in [4.69, 9.17) is 4.74 Å². The van der Waals surface area contributed by atoms with Crippen LogP contribution in [0.15, 0.2) is 67.3 Å². The van der Waals surface area contributed by atoms with Crippen LogP contribution in [0.2, 0.25) is 0 Å². The number of aliphatic hydroxyl groups is 2. The number of rotatable bonds is 14. The topological polar surface area (TPSA) is 108 Å². The van der Waals surface area contributed by atoms with E-state index in [1.807, 2.05) is 75.4 Å². The van der Waals surface area contributed by atoms with Crippen LogP contribution in [-0.2, 0) is 22.6 Å². The van der Waals surface area contributed by atoms with E-state index in [2.05, 4.69) is 17.2 Å². The first-order valence-electron chi connectivity index (χ1n) is 12.3. The van der Waals surface area contributed by atoms with E-state index in [0.717, 1.165) is 16.9 Å². The second-order valence-electron chi connectivity index (χ2n) is 10.1. The summed E-state index contributed by atoms with van der Waals surface area (Å²) in [5.41, 5.74) is 1.70. The zero-order valence-corrected chi connectivity index (χ0v) is 21.6. The quantitative estimate of drug-likeness (QED) is 0.300. The number of ether oxygens (including phenoxy) is 1. The van der Waals surface area contributed by atoms with Gasteiger partial charge in [0.2, 0.25) is 11.8 Å². The fourth-order valence-corrected chi connectivity index (χ4v) is 3.73. The van der Waals surface area contributed by atoms with Gasteiger partial charge in [0, 0.05) is 6.42 Å². The largest absolute Gasteiger partial charge is 0.489 e. The Morgan fingerprint density at radius 3 is 2.19 bits per heavy atom. The summed E-state index contributed by atoms with van der Waals surface area (Å²) >= 11 is 0. The first-order valence-corrected chi connectivity index (χ1v) is 12.3. The number of carbonyl (C=O) groups is 2. The molecule has 2 aromatic rings. The second kappa shape index (κ2) is 14.4. The fourth-order valence-electron chi connectivity index (χ4n) is 3.73. The van der Waals surface area contributed by atoms with Gasteiger partial charge in [-0.25, -0.2) is 0 Å². The molecule has 2 rings (SSSR count). The highest BCUT2D eigenvalue weighted by Crippen LogP contribution is 2.20. The molecule has 0 aromatic heterocycles. The lowest BCUT2D eigenvalue weighted by Gasteiger charge is -2.31. The molecule has 4 N–H and O–H groups in total. The number of benzene rings is 2. The molecule has 36 heavy (non-hydrogen) atoms. The number of carbonyl (C=O) groups excluding carboxylic acids is 2. The van der Waals surface area contributed by atoms with Crippen LogP contribution in [0, 0.1) is 11.3 Å². The average molecular weight is 497 g/mol. The molecule has 7 nitrogen and oxygen atoms in total. The third kappa shape index (κ3) is 9.84. The highest BCUT2D eigenvalue weighted by Gasteiger charge is 2.29. The molecule has 0 aliphatic carbocycles. The molecule has 0 radical (unpaired) electrons. The smallest absolute Gasteiger partial charge is 0.224 e. The summed E-state index contributed by atoms with van der Waals surface area (Å²) in [6.45, 7) is 9.54. The first kappa shape index (κ1) is 29.1. The predicted octanol–water partition coefficient (Wildman–Crippen LogP) is 3.39. The van der Waals surface area contributed by atoms with Crippen molar-refractivity contribution >= 4 is 11.8 Å². The molecule has 0 aliphatic heterocycles. The van der Waals surface area contributed by atoms with Gasteiger partial charge in [0.1, 0.15) is 12.4 Å². The van der Waals surface area contributed by atoms with Gasteiger partial charge in [-0.15, -0.1) is 6.58 Å². The molecule has 0 saturated carbocycles. The van der Waals surface area contributed by atoms with E-state index in [-0.39, 0.29) is 36.9 Å². The van der Waals surface area contributed by atoms with Gasteiger partial charge in [-0.05, 0) is 41.5 Å². The van der Waals surface area contributed by atoms with Gasteiger partial charge in [0.05, 0.1) is 31.2 Å². The second-order valence-corrected chi connectivity index (χ2v) is 10.1. The van der Waals surface area contributed by atoms with Crippen LogP contribution in [0.25, 0.3) is 0 Å². The molecule has 0 heterocycles. The Morgan fingerprint density at radius 1 is 0.972 bits per heavy atom. The summed E-state index contributed by atoms with van der Waals surface area (Å²) < 4.78 is 5.81. The van der Waals surface area contributed by atoms with Crippen LogP contribution in [0.1, 0.15) is 44.7 Å². The monoisotopic (exact) mass is 496 g/mol. The Morgan fingerprint density at radius 2 is 1.64 bits per heavy atom. The lowest BCUT2D eigenvalue weighted by atomic mass is 9.86. The molecule has 196 valence electrons. The Labute approximate surface area is 214 Å². The minimum absolute atomic E-state index is 0.0388. The third-order valence-corrected chi connectivity index (χ3v) is 6.04. The van der Waals surface area contributed by atoms with Gasteiger partial charge < -0.3 is 25.6 Å². The van der Waals surface area contributed by atoms with E-state index >= 15 is 0 Å². The number of nitrogens with one attached hydrogen (secondary N) is 2. The Bertz CT molecular complexity index is 954. The molecule has 3 unspecified atom stereocenters. The van der Waals surface area contributed by atoms with Gasteiger partial charge in [-0.1, -0.05) is 69.3 Å². The van der Waals surface area contributed by atoms with Gasteiger partial charge in [0.25, 0.3) is 0 Å². The molecule has 0 fully saturated rings. The van der Waals surface area contributed by atoms with E-state index in [9.17, 15) is 19.8 Å². The lowest BCUT2D eigenvalue weighted by Crippen LogP contribution is -2.49. The minimum Gasteiger partial charge on any atom is -0.489 e. The average Bonchev–Trinajstić information content (AvgIpc) is 2.85. The molecular formula is C29H40N2O5. The zero-order chi connectivity index (χ0) is 26.6. The van der Waals surface area contributed by atoms with Crippen molar-refractivity contribution in [3.8, 4) is 5.75 Å². The highest BCUT2D eigenvalue weighted by molar-refractivity contribution is 5.86. The molecule has 2 amide bonds. The van der Waals surface area contributed by atoms with Crippen molar-refractivity contribution in [2.75, 3.05) is 13.2 Å². The molecule has 3 atom stereocenters. The molecule has 0 saturated heterocycles. The highest BCUT2D eigenvalue weighted by atomic mass is 16.5. The van der Waals surface area contributed by atoms with E-state index in [1.54, 1.807) is 6.08 Å². The van der Waals surface area contributed by atoms with E-state index in [1.165, 1.54) is 0 Å². The van der Waals surface area contributed by atoms with Gasteiger partial charge in [-0.2, -0.15) is 0 Å². The summed E-state index contributed by atoms with van der Waals surface area (Å²) in [7, 11) is 0. The maximum atomic E-state index is 12.8. The van der Waals surface area contributed by atoms with Gasteiger partial charge in [-0.3, -0.25) is 9.59 Å². The van der Waals surface area contributed by atoms with Crippen molar-refractivity contribution in [2.45, 2.75) is 58.7 Å². The van der Waals surface area contributed by atoms with E-state index < -0.39 is 18.0 Å². The van der Waals surface area contributed by atoms with Crippen molar-refractivity contribution < 1.29 is 24.5 Å². The molecule has 0 aliphatic rings.